The third-order valence-corrected chi connectivity index (χ3v) is 6.61. The Hall–Kier alpha value is -3.44. The molecule has 0 saturated heterocycles. The standard InChI is InChI=1S/C30H37F4N3O4/c1-2-11-37-12-3-4-13-41-25-16-22(15-24(31)18-25)17-26(36-28(39)9-6-10-29(37)40)27(38)20-35-19-21-7-5-8-23(14-21)30(32,33)34/h3-5,7-8,14-16,18,26-27,35,38H,2,6,9-13,17,19-20H2,1H3,(H,36,39)/b4-3+. The number of benzene rings is 2. The predicted octanol–water partition coefficient (Wildman–Crippen LogP) is 4.38. The van der Waals surface area contributed by atoms with Gasteiger partial charge in [-0.3, -0.25) is 9.59 Å². The molecule has 224 valence electrons. The van der Waals surface area contributed by atoms with Crippen LogP contribution in [0.5, 0.6) is 5.75 Å². The van der Waals surface area contributed by atoms with Crippen molar-refractivity contribution in [2.75, 3.05) is 26.2 Å². The second-order valence-electron chi connectivity index (χ2n) is 10.0. The van der Waals surface area contributed by atoms with E-state index in [1.165, 1.54) is 24.3 Å². The van der Waals surface area contributed by atoms with Gasteiger partial charge in [-0.15, -0.1) is 0 Å². The molecular formula is C30H37F4N3O4. The highest BCUT2D eigenvalue weighted by atomic mass is 19.4. The normalized spacial score (nSPS) is 19.2. The number of alkyl halides is 3. The van der Waals surface area contributed by atoms with E-state index in [0.29, 0.717) is 30.6 Å². The summed E-state index contributed by atoms with van der Waals surface area (Å²) in [7, 11) is 0. The first-order valence-electron chi connectivity index (χ1n) is 13.7. The van der Waals surface area contributed by atoms with E-state index in [2.05, 4.69) is 10.6 Å². The highest BCUT2D eigenvalue weighted by Crippen LogP contribution is 2.29. The number of hydrogen-bond acceptors (Lipinski definition) is 5. The van der Waals surface area contributed by atoms with E-state index in [9.17, 15) is 32.3 Å². The summed E-state index contributed by atoms with van der Waals surface area (Å²) in [6.07, 6.45) is -0.623. The highest BCUT2D eigenvalue weighted by molar-refractivity contribution is 5.79. The number of nitrogens with one attached hydrogen (secondary N) is 2. The van der Waals surface area contributed by atoms with E-state index in [4.69, 9.17) is 4.74 Å². The van der Waals surface area contributed by atoms with E-state index in [1.807, 2.05) is 13.0 Å². The molecule has 0 spiro atoms. The van der Waals surface area contributed by atoms with Crippen molar-refractivity contribution in [3.8, 4) is 5.75 Å². The molecule has 2 aromatic carbocycles. The fourth-order valence-electron chi connectivity index (χ4n) is 4.56. The highest BCUT2D eigenvalue weighted by Gasteiger charge is 2.30. The topological polar surface area (TPSA) is 90.9 Å². The number of aliphatic hydroxyl groups is 1. The summed E-state index contributed by atoms with van der Waals surface area (Å²) in [6.45, 7) is 3.12. The summed E-state index contributed by atoms with van der Waals surface area (Å²) in [5, 5.41) is 16.7. The van der Waals surface area contributed by atoms with Crippen LogP contribution in [-0.2, 0) is 28.7 Å². The number of ether oxygens (including phenoxy) is 1. The van der Waals surface area contributed by atoms with Crippen LogP contribution in [0.1, 0.15) is 49.3 Å². The molecule has 2 unspecified atom stereocenters. The number of rotatable bonds is 7. The zero-order valence-electron chi connectivity index (χ0n) is 23.1. The van der Waals surface area contributed by atoms with Crippen LogP contribution in [0.15, 0.2) is 54.6 Å². The fourth-order valence-corrected chi connectivity index (χ4v) is 4.56. The van der Waals surface area contributed by atoms with Gasteiger partial charge in [-0.1, -0.05) is 31.2 Å². The van der Waals surface area contributed by atoms with Crippen LogP contribution in [0.4, 0.5) is 17.6 Å². The van der Waals surface area contributed by atoms with Gasteiger partial charge in [0.05, 0.1) is 17.7 Å². The van der Waals surface area contributed by atoms with Gasteiger partial charge in [-0.25, -0.2) is 4.39 Å². The van der Waals surface area contributed by atoms with Gasteiger partial charge in [0.2, 0.25) is 11.8 Å². The number of amides is 2. The monoisotopic (exact) mass is 579 g/mol. The van der Waals surface area contributed by atoms with Crippen LogP contribution >= 0.6 is 0 Å². The maximum Gasteiger partial charge on any atom is 0.416 e. The Morgan fingerprint density at radius 3 is 2.71 bits per heavy atom. The minimum atomic E-state index is -4.47. The lowest BCUT2D eigenvalue weighted by atomic mass is 10.00. The van der Waals surface area contributed by atoms with E-state index in [0.717, 1.165) is 18.6 Å². The van der Waals surface area contributed by atoms with Gasteiger partial charge in [0.15, 0.2) is 0 Å². The van der Waals surface area contributed by atoms with Gasteiger partial charge in [-0.2, -0.15) is 13.2 Å². The second-order valence-corrected chi connectivity index (χ2v) is 10.0. The number of fused-ring (bicyclic) bond motifs is 2. The SMILES string of the molecule is CCCN1C/C=C/COc2cc(F)cc(c2)CC(C(O)CNCc2cccc(C(F)(F)F)c2)NC(=O)CCCC1=O. The predicted molar refractivity (Wildman–Crippen MR) is 147 cm³/mol. The molecule has 2 amide bonds. The van der Waals surface area contributed by atoms with Gasteiger partial charge >= 0.3 is 6.18 Å². The Bertz CT molecular complexity index is 1190. The van der Waals surface area contributed by atoms with Crippen LogP contribution in [0.3, 0.4) is 0 Å². The number of nitrogens with zero attached hydrogens (tertiary/aromatic N) is 1. The van der Waals surface area contributed by atoms with Gasteiger partial charge in [0, 0.05) is 45.1 Å². The lowest BCUT2D eigenvalue weighted by Gasteiger charge is -2.25. The van der Waals surface area contributed by atoms with Crippen LogP contribution in [-0.4, -0.2) is 60.2 Å². The Morgan fingerprint density at radius 1 is 1.15 bits per heavy atom. The fraction of sp³-hybridized carbons (Fsp3) is 0.467. The zero-order chi connectivity index (χ0) is 29.8. The maximum absolute atomic E-state index is 14.4. The van der Waals surface area contributed by atoms with Crippen molar-refractivity contribution in [1.29, 1.82) is 0 Å². The molecule has 0 aromatic heterocycles. The number of carbonyl (C=O) groups excluding carboxylic acids is 2. The minimum absolute atomic E-state index is 0.0465. The molecule has 1 aliphatic heterocycles. The summed E-state index contributed by atoms with van der Waals surface area (Å²) < 4.78 is 59.2. The van der Waals surface area contributed by atoms with Gasteiger partial charge < -0.3 is 25.4 Å². The first-order chi connectivity index (χ1) is 19.5. The first kappa shape index (κ1) is 32.1. The number of aliphatic hydroxyl groups excluding tert-OH is 1. The van der Waals surface area contributed by atoms with Crippen molar-refractivity contribution < 1.29 is 37.0 Å². The second kappa shape index (κ2) is 15.5. The van der Waals surface area contributed by atoms with Gasteiger partial charge in [-0.05, 0) is 54.7 Å². The van der Waals surface area contributed by atoms with E-state index < -0.39 is 29.7 Å². The summed E-state index contributed by atoms with van der Waals surface area (Å²) in [5.41, 5.74) is 0.0984. The van der Waals surface area contributed by atoms with Crippen LogP contribution in [0.2, 0.25) is 0 Å². The molecule has 2 atom stereocenters. The molecule has 2 aromatic rings. The lowest BCUT2D eigenvalue weighted by Crippen LogP contribution is -2.48. The molecule has 11 heteroatoms. The van der Waals surface area contributed by atoms with E-state index >= 15 is 0 Å². The van der Waals surface area contributed by atoms with Crippen molar-refractivity contribution in [2.24, 2.45) is 0 Å². The smallest absolute Gasteiger partial charge is 0.416 e. The first-order valence-corrected chi connectivity index (χ1v) is 13.7. The molecule has 0 radical (unpaired) electrons. The molecule has 1 heterocycles. The molecule has 1 aliphatic rings. The summed E-state index contributed by atoms with van der Waals surface area (Å²) >= 11 is 0. The zero-order valence-corrected chi connectivity index (χ0v) is 23.1. The number of halogens is 4. The average Bonchev–Trinajstić information content (AvgIpc) is 2.91. The van der Waals surface area contributed by atoms with Gasteiger partial charge in [0.25, 0.3) is 0 Å². The molecule has 3 N–H and O–H groups in total. The van der Waals surface area contributed by atoms with Crippen molar-refractivity contribution in [3.63, 3.8) is 0 Å². The summed E-state index contributed by atoms with van der Waals surface area (Å²) in [6, 6.07) is 8.18. The Balaban J connectivity index is 1.73. The molecule has 0 saturated carbocycles. The quantitative estimate of drug-likeness (QED) is 0.335. The average molecular weight is 580 g/mol. The molecule has 2 bridgehead atoms. The Morgan fingerprint density at radius 2 is 1.95 bits per heavy atom. The van der Waals surface area contributed by atoms with Crippen LogP contribution < -0.4 is 15.4 Å². The van der Waals surface area contributed by atoms with Crippen molar-refractivity contribution in [3.05, 3.63) is 77.1 Å². The maximum atomic E-state index is 14.4. The Kier molecular flexibility index (Phi) is 12.2. The van der Waals surface area contributed by atoms with Crippen LogP contribution in [0.25, 0.3) is 0 Å². The Labute approximate surface area is 237 Å². The van der Waals surface area contributed by atoms with Crippen molar-refractivity contribution in [1.82, 2.24) is 15.5 Å². The van der Waals surface area contributed by atoms with Crippen LogP contribution in [0, 0.1) is 5.82 Å². The molecule has 3 rings (SSSR count). The molecular weight excluding hydrogens is 542 g/mol. The third kappa shape index (κ3) is 10.8. The molecule has 7 nitrogen and oxygen atoms in total. The lowest BCUT2D eigenvalue weighted by molar-refractivity contribution is -0.137. The van der Waals surface area contributed by atoms with E-state index in [-0.39, 0.29) is 56.5 Å². The number of carbonyl (C=O) groups is 2. The largest absolute Gasteiger partial charge is 0.489 e. The van der Waals surface area contributed by atoms with Crippen molar-refractivity contribution >= 4 is 11.8 Å². The van der Waals surface area contributed by atoms with Crippen molar-refractivity contribution in [2.45, 2.75) is 63.9 Å². The third-order valence-electron chi connectivity index (χ3n) is 6.61. The molecule has 0 fully saturated rings. The number of hydrogen-bond donors (Lipinski definition) is 3. The van der Waals surface area contributed by atoms with E-state index in [1.54, 1.807) is 17.0 Å². The molecule has 0 aliphatic carbocycles. The summed E-state index contributed by atoms with van der Waals surface area (Å²) in [4.78, 5) is 27.2. The molecule has 41 heavy (non-hydrogen) atoms. The summed E-state index contributed by atoms with van der Waals surface area (Å²) in [5.74, 6) is -0.712. The van der Waals surface area contributed by atoms with Gasteiger partial charge in [0.1, 0.15) is 18.2 Å². The minimum Gasteiger partial charge on any atom is -0.489 e.